The lowest BCUT2D eigenvalue weighted by atomic mass is 10.2. The van der Waals surface area contributed by atoms with Gasteiger partial charge in [0, 0.05) is 24.0 Å². The van der Waals surface area contributed by atoms with Crippen molar-refractivity contribution in [3.63, 3.8) is 0 Å². The Hall–Kier alpha value is -0.990. The molecule has 2 rings (SSSR count). The van der Waals surface area contributed by atoms with Crippen LogP contribution in [-0.4, -0.2) is 24.8 Å². The van der Waals surface area contributed by atoms with E-state index in [0.29, 0.717) is 9.90 Å². The van der Waals surface area contributed by atoms with Crippen molar-refractivity contribution in [1.29, 1.82) is 0 Å². The molecule has 0 saturated carbocycles. The maximum atomic E-state index is 12.5. The van der Waals surface area contributed by atoms with Crippen molar-refractivity contribution >= 4 is 50.2 Å². The van der Waals surface area contributed by atoms with Gasteiger partial charge in [-0.2, -0.15) is 4.31 Å². The molecule has 0 amide bonds. The zero-order valence-electron chi connectivity index (χ0n) is 11.1. The first-order valence-corrected chi connectivity index (χ1v) is 8.95. The number of thiophene rings is 1. The molecule has 0 aliphatic heterocycles. The standard InChI is InChI=1S/C13H13ClN2O2S3/c1-16(8-10-4-7-12(14)20-10)21(17,18)11-5-2-9(3-6-11)13(15)19/h2-7H,8H2,1H3,(H2,15,19). The van der Waals surface area contributed by atoms with Crippen molar-refractivity contribution in [2.75, 3.05) is 7.05 Å². The third-order valence-corrected chi connectivity index (χ3v) is 6.12. The van der Waals surface area contributed by atoms with Crippen LogP contribution in [0, 0.1) is 0 Å². The second kappa shape index (κ2) is 6.41. The topological polar surface area (TPSA) is 63.4 Å². The van der Waals surface area contributed by atoms with Crippen molar-refractivity contribution in [2.45, 2.75) is 11.4 Å². The Kier molecular flexibility index (Phi) is 5.00. The lowest BCUT2D eigenvalue weighted by molar-refractivity contribution is 0.469. The van der Waals surface area contributed by atoms with E-state index in [-0.39, 0.29) is 16.4 Å². The van der Waals surface area contributed by atoms with Gasteiger partial charge in [0.1, 0.15) is 4.99 Å². The molecule has 1 heterocycles. The summed E-state index contributed by atoms with van der Waals surface area (Å²) in [5, 5.41) is 0. The number of benzene rings is 1. The Morgan fingerprint density at radius 1 is 1.29 bits per heavy atom. The van der Waals surface area contributed by atoms with E-state index in [1.165, 1.54) is 34.8 Å². The van der Waals surface area contributed by atoms with Crippen LogP contribution in [0.4, 0.5) is 0 Å². The summed E-state index contributed by atoms with van der Waals surface area (Å²) in [5.41, 5.74) is 6.13. The Labute approximate surface area is 138 Å². The molecule has 4 nitrogen and oxygen atoms in total. The maximum absolute atomic E-state index is 12.5. The summed E-state index contributed by atoms with van der Waals surface area (Å²) in [6.45, 7) is 0.275. The summed E-state index contributed by atoms with van der Waals surface area (Å²) >= 11 is 12.1. The molecule has 112 valence electrons. The molecular formula is C13H13ClN2O2S3. The summed E-state index contributed by atoms with van der Waals surface area (Å²) in [7, 11) is -2.03. The van der Waals surface area contributed by atoms with Crippen LogP contribution in [-0.2, 0) is 16.6 Å². The van der Waals surface area contributed by atoms with Crippen molar-refractivity contribution in [2.24, 2.45) is 5.73 Å². The second-order valence-electron chi connectivity index (χ2n) is 4.36. The van der Waals surface area contributed by atoms with E-state index in [1.54, 1.807) is 18.2 Å². The minimum Gasteiger partial charge on any atom is -0.389 e. The molecule has 1 aromatic heterocycles. The van der Waals surface area contributed by atoms with E-state index in [1.807, 2.05) is 6.07 Å². The van der Waals surface area contributed by atoms with Gasteiger partial charge in [-0.15, -0.1) is 11.3 Å². The molecule has 0 radical (unpaired) electrons. The number of rotatable bonds is 5. The van der Waals surface area contributed by atoms with Crippen LogP contribution >= 0.6 is 35.2 Å². The number of hydrogen-bond acceptors (Lipinski definition) is 4. The lowest BCUT2D eigenvalue weighted by Crippen LogP contribution is -2.26. The van der Waals surface area contributed by atoms with E-state index in [2.05, 4.69) is 0 Å². The van der Waals surface area contributed by atoms with Crippen LogP contribution in [0.1, 0.15) is 10.4 Å². The number of halogens is 1. The zero-order valence-corrected chi connectivity index (χ0v) is 14.3. The maximum Gasteiger partial charge on any atom is 0.243 e. The first-order chi connectivity index (χ1) is 9.80. The highest BCUT2D eigenvalue weighted by Crippen LogP contribution is 2.24. The molecule has 1 aromatic carbocycles. The number of hydrogen-bond donors (Lipinski definition) is 1. The van der Waals surface area contributed by atoms with Gasteiger partial charge in [-0.05, 0) is 24.3 Å². The summed E-state index contributed by atoms with van der Waals surface area (Å²) in [6.07, 6.45) is 0. The fraction of sp³-hybridized carbons (Fsp3) is 0.154. The average Bonchev–Trinajstić information content (AvgIpc) is 2.84. The number of nitrogens with zero attached hydrogens (tertiary/aromatic N) is 1. The summed E-state index contributed by atoms with van der Waals surface area (Å²) in [6, 6.07) is 9.77. The normalized spacial score (nSPS) is 11.8. The van der Waals surface area contributed by atoms with Gasteiger partial charge in [-0.1, -0.05) is 36.0 Å². The van der Waals surface area contributed by atoms with E-state index in [0.717, 1.165) is 4.88 Å². The van der Waals surface area contributed by atoms with Gasteiger partial charge in [0.2, 0.25) is 10.0 Å². The van der Waals surface area contributed by atoms with Crippen LogP contribution in [0.5, 0.6) is 0 Å². The van der Waals surface area contributed by atoms with E-state index >= 15 is 0 Å². The molecule has 0 bridgehead atoms. The highest BCUT2D eigenvalue weighted by Gasteiger charge is 2.21. The van der Waals surface area contributed by atoms with E-state index < -0.39 is 10.0 Å². The summed E-state index contributed by atoms with van der Waals surface area (Å²) < 4.78 is 26.8. The molecule has 2 aromatic rings. The van der Waals surface area contributed by atoms with Crippen molar-refractivity contribution in [1.82, 2.24) is 4.31 Å². The van der Waals surface area contributed by atoms with Crippen LogP contribution in [0.3, 0.4) is 0 Å². The van der Waals surface area contributed by atoms with Crippen molar-refractivity contribution < 1.29 is 8.42 Å². The predicted molar refractivity (Wildman–Crippen MR) is 90.3 cm³/mol. The van der Waals surface area contributed by atoms with Crippen molar-refractivity contribution in [3.8, 4) is 0 Å². The smallest absolute Gasteiger partial charge is 0.243 e. The van der Waals surface area contributed by atoms with Gasteiger partial charge in [0.05, 0.1) is 9.23 Å². The van der Waals surface area contributed by atoms with Gasteiger partial charge >= 0.3 is 0 Å². The highest BCUT2D eigenvalue weighted by molar-refractivity contribution is 7.89. The minimum absolute atomic E-state index is 0.202. The fourth-order valence-electron chi connectivity index (χ4n) is 1.71. The highest BCUT2D eigenvalue weighted by atomic mass is 35.5. The van der Waals surface area contributed by atoms with Gasteiger partial charge in [-0.3, -0.25) is 0 Å². The molecular weight excluding hydrogens is 348 g/mol. The first-order valence-electron chi connectivity index (χ1n) is 5.91. The molecule has 8 heteroatoms. The molecule has 21 heavy (non-hydrogen) atoms. The molecule has 0 unspecified atom stereocenters. The quantitative estimate of drug-likeness (QED) is 0.833. The van der Waals surface area contributed by atoms with Crippen LogP contribution in [0.15, 0.2) is 41.3 Å². The average molecular weight is 361 g/mol. The largest absolute Gasteiger partial charge is 0.389 e. The molecule has 0 atom stereocenters. The Bertz CT molecular complexity index is 754. The SMILES string of the molecule is CN(Cc1ccc(Cl)s1)S(=O)(=O)c1ccc(C(N)=S)cc1. The predicted octanol–water partition coefficient (Wildman–Crippen LogP) is 2.86. The molecule has 0 aliphatic rings. The van der Waals surface area contributed by atoms with Crippen LogP contribution in [0.2, 0.25) is 4.34 Å². The third-order valence-electron chi connectivity index (χ3n) is 2.85. The van der Waals surface area contributed by atoms with Crippen molar-refractivity contribution in [3.05, 3.63) is 51.2 Å². The van der Waals surface area contributed by atoms with Crippen LogP contribution in [0.25, 0.3) is 0 Å². The molecule has 0 saturated heterocycles. The van der Waals surface area contributed by atoms with E-state index in [4.69, 9.17) is 29.6 Å². The molecule has 0 aliphatic carbocycles. The monoisotopic (exact) mass is 360 g/mol. The van der Waals surface area contributed by atoms with Gasteiger partial charge < -0.3 is 5.73 Å². The molecule has 2 N–H and O–H groups in total. The summed E-state index contributed by atoms with van der Waals surface area (Å²) in [4.78, 5) is 1.32. The second-order valence-corrected chi connectivity index (χ2v) is 8.64. The zero-order chi connectivity index (χ0) is 15.6. The number of sulfonamides is 1. The Morgan fingerprint density at radius 3 is 2.38 bits per heavy atom. The number of nitrogens with two attached hydrogens (primary N) is 1. The number of thiocarbonyl (C=S) groups is 1. The minimum atomic E-state index is -3.56. The summed E-state index contributed by atoms with van der Waals surface area (Å²) in [5.74, 6) is 0. The molecule has 0 fully saturated rings. The fourth-order valence-corrected chi connectivity index (χ4v) is 4.22. The Morgan fingerprint density at radius 2 is 1.90 bits per heavy atom. The first kappa shape index (κ1) is 16.4. The van der Waals surface area contributed by atoms with E-state index in [9.17, 15) is 8.42 Å². The third kappa shape index (κ3) is 3.81. The van der Waals surface area contributed by atoms with Gasteiger partial charge in [0.25, 0.3) is 0 Å². The van der Waals surface area contributed by atoms with Crippen LogP contribution < -0.4 is 5.73 Å². The lowest BCUT2D eigenvalue weighted by Gasteiger charge is -2.16. The molecule has 0 spiro atoms. The van der Waals surface area contributed by atoms with Gasteiger partial charge in [0.15, 0.2) is 0 Å². The Balaban J connectivity index is 2.22. The van der Waals surface area contributed by atoms with Gasteiger partial charge in [-0.25, -0.2) is 8.42 Å².